The van der Waals surface area contributed by atoms with Crippen LogP contribution in [-0.4, -0.2) is 31.4 Å². The first-order valence-electron chi connectivity index (χ1n) is 7.18. The predicted molar refractivity (Wildman–Crippen MR) is 87.1 cm³/mol. The second kappa shape index (κ2) is 8.37. The van der Waals surface area contributed by atoms with Gasteiger partial charge in [-0.25, -0.2) is 4.98 Å². The van der Waals surface area contributed by atoms with Crippen LogP contribution in [0.2, 0.25) is 0 Å². The molecule has 5 heteroatoms. The Bertz CT molecular complexity index is 431. The lowest BCUT2D eigenvalue weighted by molar-refractivity contribution is -0.117. The van der Waals surface area contributed by atoms with E-state index in [-0.39, 0.29) is 5.41 Å². The number of carbonyl (C=O) groups is 1. The fourth-order valence-electron chi connectivity index (χ4n) is 2.48. The Morgan fingerprint density at radius 1 is 1.45 bits per heavy atom. The molecule has 2 heterocycles. The van der Waals surface area contributed by atoms with Gasteiger partial charge < -0.3 is 15.4 Å². The first kappa shape index (κ1) is 17.1. The zero-order valence-corrected chi connectivity index (χ0v) is 14.1. The van der Waals surface area contributed by atoms with Gasteiger partial charge in [-0.05, 0) is 59.9 Å². The molecule has 0 spiro atoms. The maximum Gasteiger partial charge on any atom is 0.128 e. The number of hydrogen-bond donors (Lipinski definition) is 2. The smallest absolute Gasteiger partial charge is 0.128 e. The van der Waals surface area contributed by atoms with E-state index in [0.29, 0.717) is 0 Å². The fraction of sp³-hybridized carbons (Fsp3) is 0.600. The second-order valence-electron chi connectivity index (χ2n) is 4.82. The minimum atomic E-state index is -0.237. The number of nitrogens with zero attached hydrogens (tertiary/aromatic N) is 1. The van der Waals surface area contributed by atoms with Gasteiger partial charge in [0.1, 0.15) is 12.1 Å². The van der Waals surface area contributed by atoms with E-state index in [9.17, 15) is 4.79 Å². The summed E-state index contributed by atoms with van der Waals surface area (Å²) in [6, 6.07) is 2.05. The van der Waals surface area contributed by atoms with Crippen molar-refractivity contribution in [3.05, 3.63) is 22.3 Å². The van der Waals surface area contributed by atoms with Gasteiger partial charge in [-0.15, -0.1) is 0 Å². The predicted octanol–water partition coefficient (Wildman–Crippen LogP) is 3.02. The van der Waals surface area contributed by atoms with E-state index in [1.807, 2.05) is 27.0 Å². The summed E-state index contributed by atoms with van der Waals surface area (Å²) in [6.45, 7) is 5.82. The van der Waals surface area contributed by atoms with Crippen molar-refractivity contribution in [3.8, 4) is 0 Å². The highest BCUT2D eigenvalue weighted by atomic mass is 79.9. The Morgan fingerprint density at radius 2 is 2.10 bits per heavy atom. The molecule has 4 nitrogen and oxygen atoms in total. The number of piperidine rings is 1. The molecule has 1 aromatic heterocycles. The number of carbonyl (C=O) groups excluding carboxylic acids is 1. The van der Waals surface area contributed by atoms with Crippen LogP contribution >= 0.6 is 15.9 Å². The van der Waals surface area contributed by atoms with Gasteiger partial charge in [0.05, 0.1) is 0 Å². The van der Waals surface area contributed by atoms with Crippen molar-refractivity contribution in [1.29, 1.82) is 0 Å². The normalized spacial score (nSPS) is 16.8. The zero-order chi connectivity index (χ0) is 15.0. The summed E-state index contributed by atoms with van der Waals surface area (Å²) >= 11 is 3.44. The Balaban J connectivity index is 0.000000956. The molecule has 1 aliphatic heterocycles. The van der Waals surface area contributed by atoms with Crippen LogP contribution in [-0.2, 0) is 11.2 Å². The third-order valence-corrected chi connectivity index (χ3v) is 4.00. The van der Waals surface area contributed by atoms with Gasteiger partial charge in [0.25, 0.3) is 0 Å². The Labute approximate surface area is 129 Å². The first-order chi connectivity index (χ1) is 9.69. The van der Waals surface area contributed by atoms with Crippen LogP contribution in [0.5, 0.6) is 0 Å². The highest BCUT2D eigenvalue weighted by Gasteiger charge is 2.32. The van der Waals surface area contributed by atoms with Crippen LogP contribution in [0.3, 0.4) is 0 Å². The van der Waals surface area contributed by atoms with E-state index in [4.69, 9.17) is 0 Å². The summed E-state index contributed by atoms with van der Waals surface area (Å²) in [6.07, 6.45) is 5.44. The van der Waals surface area contributed by atoms with E-state index < -0.39 is 0 Å². The van der Waals surface area contributed by atoms with Crippen LogP contribution < -0.4 is 10.6 Å². The molecule has 0 amide bonds. The summed E-state index contributed by atoms with van der Waals surface area (Å²) in [4.78, 5) is 15.8. The van der Waals surface area contributed by atoms with Crippen molar-refractivity contribution in [1.82, 2.24) is 10.3 Å². The van der Waals surface area contributed by atoms with Crippen LogP contribution in [0.1, 0.15) is 32.3 Å². The topological polar surface area (TPSA) is 54.0 Å². The Kier molecular flexibility index (Phi) is 7.16. The van der Waals surface area contributed by atoms with E-state index >= 15 is 0 Å². The van der Waals surface area contributed by atoms with Crippen molar-refractivity contribution in [2.45, 2.75) is 33.1 Å². The maximum atomic E-state index is 11.5. The molecule has 1 saturated heterocycles. The molecule has 0 aliphatic carbocycles. The van der Waals surface area contributed by atoms with Crippen molar-refractivity contribution in [2.24, 2.45) is 5.41 Å². The molecule has 2 N–H and O–H groups in total. The average Bonchev–Trinajstić information content (AvgIpc) is 2.50. The number of hydrogen-bond acceptors (Lipinski definition) is 4. The standard InChI is InChI=1S/C13H18BrN3O.C2H6/c1-15-12-10(6-11(14)8-17-12)7-13(9-18)2-4-16-5-3-13;1-2/h6,8-9,16H,2-5,7H2,1H3,(H,15,17);1-2H3. The third-order valence-electron chi connectivity index (χ3n) is 3.56. The summed E-state index contributed by atoms with van der Waals surface area (Å²) in [7, 11) is 1.86. The average molecular weight is 342 g/mol. The largest absolute Gasteiger partial charge is 0.373 e. The maximum absolute atomic E-state index is 11.5. The number of aldehydes is 1. The number of aromatic nitrogens is 1. The first-order valence-corrected chi connectivity index (χ1v) is 7.98. The van der Waals surface area contributed by atoms with Gasteiger partial charge in [-0.3, -0.25) is 0 Å². The summed E-state index contributed by atoms with van der Waals surface area (Å²) in [5, 5.41) is 6.39. The monoisotopic (exact) mass is 341 g/mol. The summed E-state index contributed by atoms with van der Waals surface area (Å²) in [5.41, 5.74) is 0.861. The molecule has 0 aromatic carbocycles. The lowest BCUT2D eigenvalue weighted by Gasteiger charge is -2.33. The lowest BCUT2D eigenvalue weighted by Crippen LogP contribution is -2.39. The molecule has 112 valence electrons. The fourth-order valence-corrected chi connectivity index (χ4v) is 2.86. The second-order valence-corrected chi connectivity index (χ2v) is 5.73. The third kappa shape index (κ3) is 4.28. The van der Waals surface area contributed by atoms with Gasteiger partial charge in [-0.1, -0.05) is 13.8 Å². The van der Waals surface area contributed by atoms with E-state index in [1.54, 1.807) is 6.20 Å². The van der Waals surface area contributed by atoms with Crippen LogP contribution in [0, 0.1) is 5.41 Å². The molecule has 1 fully saturated rings. The minimum Gasteiger partial charge on any atom is -0.373 e. The SMILES string of the molecule is CC.CNc1ncc(Br)cc1CC1(C=O)CCNCC1. The number of nitrogens with one attached hydrogen (secondary N) is 2. The van der Waals surface area contributed by atoms with Crippen molar-refractivity contribution in [2.75, 3.05) is 25.5 Å². The number of halogens is 1. The molecule has 2 rings (SSSR count). The van der Waals surface area contributed by atoms with Gasteiger partial charge in [0, 0.05) is 23.1 Å². The molecule has 20 heavy (non-hydrogen) atoms. The van der Waals surface area contributed by atoms with Crippen molar-refractivity contribution in [3.63, 3.8) is 0 Å². The number of anilines is 1. The molecular weight excluding hydrogens is 318 g/mol. The summed E-state index contributed by atoms with van der Waals surface area (Å²) in [5.74, 6) is 0.859. The number of rotatable bonds is 4. The van der Waals surface area contributed by atoms with E-state index in [0.717, 1.165) is 54.5 Å². The highest BCUT2D eigenvalue weighted by molar-refractivity contribution is 9.10. The molecule has 0 radical (unpaired) electrons. The Morgan fingerprint density at radius 3 is 2.65 bits per heavy atom. The van der Waals surface area contributed by atoms with Gasteiger partial charge in [0.2, 0.25) is 0 Å². The lowest BCUT2D eigenvalue weighted by atomic mass is 9.75. The van der Waals surface area contributed by atoms with E-state index in [1.165, 1.54) is 0 Å². The number of pyridine rings is 1. The molecule has 0 atom stereocenters. The highest BCUT2D eigenvalue weighted by Crippen LogP contribution is 2.33. The van der Waals surface area contributed by atoms with Crippen LogP contribution in [0.4, 0.5) is 5.82 Å². The summed E-state index contributed by atoms with van der Waals surface area (Å²) < 4.78 is 0.950. The molecule has 0 unspecified atom stereocenters. The van der Waals surface area contributed by atoms with E-state index in [2.05, 4.69) is 31.5 Å². The van der Waals surface area contributed by atoms with Crippen molar-refractivity contribution >= 4 is 28.0 Å². The van der Waals surface area contributed by atoms with Gasteiger partial charge in [0.15, 0.2) is 0 Å². The minimum absolute atomic E-state index is 0.237. The Hall–Kier alpha value is -0.940. The van der Waals surface area contributed by atoms with Crippen LogP contribution in [0.25, 0.3) is 0 Å². The molecule has 1 aliphatic rings. The van der Waals surface area contributed by atoms with Crippen molar-refractivity contribution < 1.29 is 4.79 Å². The molecular formula is C15H24BrN3O. The molecule has 0 saturated carbocycles. The van der Waals surface area contributed by atoms with Gasteiger partial charge >= 0.3 is 0 Å². The molecule has 1 aromatic rings. The van der Waals surface area contributed by atoms with Gasteiger partial charge in [-0.2, -0.15) is 0 Å². The molecule has 0 bridgehead atoms. The van der Waals surface area contributed by atoms with Crippen LogP contribution in [0.15, 0.2) is 16.7 Å². The quantitative estimate of drug-likeness (QED) is 0.826. The zero-order valence-electron chi connectivity index (χ0n) is 12.5.